The summed E-state index contributed by atoms with van der Waals surface area (Å²) in [5.74, 6) is 0.560. The Morgan fingerprint density at radius 2 is 1.86 bits per heavy atom. The van der Waals surface area contributed by atoms with E-state index in [1.165, 1.54) is 0 Å². The molecule has 5 rings (SSSR count). The van der Waals surface area contributed by atoms with Gasteiger partial charge in [-0.25, -0.2) is 8.78 Å². The average Bonchev–Trinajstić information content (AvgIpc) is 2.93. The van der Waals surface area contributed by atoms with Crippen LogP contribution in [0.15, 0.2) is 36.4 Å². The zero-order chi connectivity index (χ0) is 25.9. The highest BCUT2D eigenvalue weighted by molar-refractivity contribution is 6.31. The van der Waals surface area contributed by atoms with Crippen molar-refractivity contribution in [3.63, 3.8) is 0 Å². The molecular formula is C26H30ClF2N7O. The van der Waals surface area contributed by atoms with E-state index in [9.17, 15) is 8.78 Å². The maximum absolute atomic E-state index is 14.5. The van der Waals surface area contributed by atoms with Crippen LogP contribution in [0.5, 0.6) is 5.75 Å². The van der Waals surface area contributed by atoms with E-state index >= 15 is 0 Å². The summed E-state index contributed by atoms with van der Waals surface area (Å²) >= 11 is 6.08. The fraction of sp³-hybridized carbons (Fsp3) is 0.385. The minimum Gasteiger partial charge on any atom is -0.494 e. The van der Waals surface area contributed by atoms with Gasteiger partial charge in [0, 0.05) is 62.1 Å². The van der Waals surface area contributed by atoms with Crippen molar-refractivity contribution in [3.8, 4) is 5.75 Å². The number of rotatable bonds is 7. The Morgan fingerprint density at radius 1 is 1.08 bits per heavy atom. The number of hydrogen-bond donors (Lipinski definition) is 3. The summed E-state index contributed by atoms with van der Waals surface area (Å²) in [6, 6.07) is 10.6. The molecule has 0 spiro atoms. The molecule has 196 valence electrons. The first-order valence-corrected chi connectivity index (χ1v) is 12.7. The van der Waals surface area contributed by atoms with Crippen molar-refractivity contribution in [2.45, 2.75) is 25.4 Å². The summed E-state index contributed by atoms with van der Waals surface area (Å²) < 4.78 is 34.1. The van der Waals surface area contributed by atoms with Crippen LogP contribution in [0.3, 0.4) is 0 Å². The number of benzene rings is 2. The molecular weight excluding hydrogens is 500 g/mol. The second-order valence-electron chi connectivity index (χ2n) is 9.19. The molecule has 3 heterocycles. The van der Waals surface area contributed by atoms with Crippen LogP contribution in [0.4, 0.5) is 37.5 Å². The van der Waals surface area contributed by atoms with Gasteiger partial charge in [-0.05, 0) is 44.2 Å². The van der Waals surface area contributed by atoms with Gasteiger partial charge in [0.1, 0.15) is 17.4 Å². The lowest BCUT2D eigenvalue weighted by Crippen LogP contribution is -2.41. The average molecular weight is 530 g/mol. The van der Waals surface area contributed by atoms with Crippen LogP contribution in [-0.4, -0.2) is 56.6 Å². The van der Waals surface area contributed by atoms with Crippen molar-refractivity contribution in [3.05, 3.63) is 58.6 Å². The molecule has 8 nitrogen and oxygen atoms in total. The van der Waals surface area contributed by atoms with Crippen LogP contribution in [0.25, 0.3) is 0 Å². The molecule has 1 fully saturated rings. The first-order valence-electron chi connectivity index (χ1n) is 12.3. The largest absolute Gasteiger partial charge is 0.494 e. The van der Waals surface area contributed by atoms with Crippen LogP contribution >= 0.6 is 11.6 Å². The van der Waals surface area contributed by atoms with E-state index in [1.807, 2.05) is 30.1 Å². The van der Waals surface area contributed by atoms with Gasteiger partial charge in [0.25, 0.3) is 0 Å². The molecule has 0 aliphatic carbocycles. The highest BCUT2D eigenvalue weighted by atomic mass is 35.5. The van der Waals surface area contributed by atoms with E-state index in [-0.39, 0.29) is 17.1 Å². The van der Waals surface area contributed by atoms with Gasteiger partial charge >= 0.3 is 0 Å². The second kappa shape index (κ2) is 10.9. The lowest BCUT2D eigenvalue weighted by molar-refractivity contribution is 0.415. The molecule has 0 bridgehead atoms. The SMILES string of the molecule is CNC1CCN(c2ccc(Nc3cc4c(nn3)NCCN4Cc3c(F)ccc(F)c3Cl)c(OC)c2)CC1. The Balaban J connectivity index is 1.36. The number of hydrogen-bond acceptors (Lipinski definition) is 8. The van der Waals surface area contributed by atoms with E-state index in [4.69, 9.17) is 16.3 Å². The zero-order valence-electron chi connectivity index (χ0n) is 20.8. The van der Waals surface area contributed by atoms with Gasteiger partial charge in [0.15, 0.2) is 11.6 Å². The predicted molar refractivity (Wildman–Crippen MR) is 144 cm³/mol. The Kier molecular flexibility index (Phi) is 7.48. The van der Waals surface area contributed by atoms with Crippen molar-refractivity contribution in [1.82, 2.24) is 15.5 Å². The van der Waals surface area contributed by atoms with Gasteiger partial charge in [-0.15, -0.1) is 10.2 Å². The maximum Gasteiger partial charge on any atom is 0.172 e. The van der Waals surface area contributed by atoms with Gasteiger partial charge in [-0.1, -0.05) is 11.6 Å². The van der Waals surface area contributed by atoms with E-state index in [0.29, 0.717) is 42.2 Å². The van der Waals surface area contributed by atoms with Gasteiger partial charge in [-0.2, -0.15) is 0 Å². The van der Waals surface area contributed by atoms with E-state index in [0.717, 1.165) is 49.4 Å². The molecule has 2 aliphatic rings. The van der Waals surface area contributed by atoms with E-state index in [2.05, 4.69) is 37.1 Å². The van der Waals surface area contributed by atoms with Crippen LogP contribution < -0.4 is 30.5 Å². The van der Waals surface area contributed by atoms with Crippen LogP contribution in [0.2, 0.25) is 5.02 Å². The van der Waals surface area contributed by atoms with Gasteiger partial charge in [0.05, 0.1) is 23.5 Å². The number of piperidine rings is 1. The highest BCUT2D eigenvalue weighted by Gasteiger charge is 2.23. The minimum absolute atomic E-state index is 0.102. The highest BCUT2D eigenvalue weighted by Crippen LogP contribution is 2.36. The Bertz CT molecular complexity index is 1270. The smallest absolute Gasteiger partial charge is 0.172 e. The van der Waals surface area contributed by atoms with Crippen molar-refractivity contribution >= 4 is 40.3 Å². The fourth-order valence-electron chi connectivity index (χ4n) is 4.85. The summed E-state index contributed by atoms with van der Waals surface area (Å²) in [6.45, 7) is 3.22. The molecule has 3 N–H and O–H groups in total. The number of nitrogens with one attached hydrogen (secondary N) is 3. The molecule has 2 aliphatic heterocycles. The van der Waals surface area contributed by atoms with Crippen molar-refractivity contribution < 1.29 is 13.5 Å². The van der Waals surface area contributed by atoms with Crippen molar-refractivity contribution in [2.24, 2.45) is 0 Å². The van der Waals surface area contributed by atoms with Crippen LogP contribution in [0, 0.1) is 11.6 Å². The third-order valence-corrected chi connectivity index (χ3v) is 7.40. The first-order chi connectivity index (χ1) is 18.0. The topological polar surface area (TPSA) is 77.6 Å². The van der Waals surface area contributed by atoms with Gasteiger partial charge in [0.2, 0.25) is 0 Å². The van der Waals surface area contributed by atoms with Gasteiger partial charge < -0.3 is 30.5 Å². The lowest BCUT2D eigenvalue weighted by atomic mass is 10.0. The number of halogens is 3. The molecule has 0 radical (unpaired) electrons. The standard InChI is InChI=1S/C26H30ClF2N7O/c1-30-16-7-10-35(11-8-16)17-3-6-21(23(13-17)37-2)32-24-14-22-26(34-33-24)31-9-12-36(22)15-18-19(28)4-5-20(29)25(18)27/h3-6,13-14,16,30H,7-12,15H2,1-2H3,(H,31,34)(H,32,33). The third-order valence-electron chi connectivity index (χ3n) is 6.99. The summed E-state index contributed by atoms with van der Waals surface area (Å²) in [4.78, 5) is 4.27. The number of nitrogens with zero attached hydrogens (tertiary/aromatic N) is 4. The summed E-state index contributed by atoms with van der Waals surface area (Å²) in [5.41, 5.74) is 2.68. The quantitative estimate of drug-likeness (QED) is 0.377. The van der Waals surface area contributed by atoms with Crippen molar-refractivity contribution in [2.75, 3.05) is 60.8 Å². The maximum atomic E-state index is 14.5. The molecule has 0 amide bonds. The Hall–Kier alpha value is -3.37. The zero-order valence-corrected chi connectivity index (χ0v) is 21.6. The van der Waals surface area contributed by atoms with Crippen molar-refractivity contribution in [1.29, 1.82) is 0 Å². The number of anilines is 5. The molecule has 2 aromatic carbocycles. The van der Waals surface area contributed by atoms with Crippen LogP contribution in [0.1, 0.15) is 18.4 Å². The summed E-state index contributed by atoms with van der Waals surface area (Å²) in [6.07, 6.45) is 2.19. The molecule has 11 heteroatoms. The summed E-state index contributed by atoms with van der Waals surface area (Å²) in [7, 11) is 3.65. The number of aromatic nitrogens is 2. The number of ether oxygens (including phenoxy) is 1. The molecule has 0 saturated carbocycles. The third kappa shape index (κ3) is 5.35. The fourth-order valence-corrected chi connectivity index (χ4v) is 5.07. The molecule has 37 heavy (non-hydrogen) atoms. The molecule has 1 aromatic heterocycles. The van der Waals surface area contributed by atoms with Crippen LogP contribution in [-0.2, 0) is 6.54 Å². The molecule has 0 atom stereocenters. The molecule has 1 saturated heterocycles. The minimum atomic E-state index is -0.648. The second-order valence-corrected chi connectivity index (χ2v) is 9.57. The normalized spacial score (nSPS) is 15.8. The Labute approximate surface area is 220 Å². The lowest BCUT2D eigenvalue weighted by Gasteiger charge is -2.33. The predicted octanol–water partition coefficient (Wildman–Crippen LogP) is 4.78. The molecule has 0 unspecified atom stereocenters. The molecule has 3 aromatic rings. The monoisotopic (exact) mass is 529 g/mol. The first kappa shape index (κ1) is 25.3. The number of methoxy groups -OCH3 is 1. The van der Waals surface area contributed by atoms with E-state index < -0.39 is 11.6 Å². The Morgan fingerprint density at radius 3 is 2.62 bits per heavy atom. The summed E-state index contributed by atoms with van der Waals surface area (Å²) in [5, 5.41) is 18.3. The van der Waals surface area contributed by atoms with E-state index in [1.54, 1.807) is 7.11 Å². The number of fused-ring (bicyclic) bond motifs is 1. The van der Waals surface area contributed by atoms with Gasteiger partial charge in [-0.3, -0.25) is 0 Å².